The zero-order valence-corrected chi connectivity index (χ0v) is 10.9. The van der Waals surface area contributed by atoms with Crippen LogP contribution in [0.2, 0.25) is 0 Å². The SMILES string of the molecule is C.CC.CC.CC/C(C)=C\C=C(C)C. The second kappa shape index (κ2) is 22.9. The fraction of sp³-hybridized carbons (Fsp3) is 0.714. The molecule has 0 saturated carbocycles. The van der Waals surface area contributed by atoms with Gasteiger partial charge in [-0.05, 0) is 27.2 Å². The molecule has 0 radical (unpaired) electrons. The molecule has 0 aliphatic heterocycles. The van der Waals surface area contributed by atoms with Crippen LogP contribution in [-0.2, 0) is 0 Å². The molecule has 0 rings (SSSR count). The van der Waals surface area contributed by atoms with Gasteiger partial charge in [-0.3, -0.25) is 0 Å². The Morgan fingerprint density at radius 1 is 0.857 bits per heavy atom. The first-order valence-electron chi connectivity index (χ1n) is 5.47. The van der Waals surface area contributed by atoms with E-state index in [1.165, 1.54) is 11.1 Å². The molecular weight excluding hydrogens is 168 g/mol. The Kier molecular flexibility index (Phi) is 38.2. The molecule has 0 aromatic rings. The van der Waals surface area contributed by atoms with Crippen molar-refractivity contribution in [1.82, 2.24) is 0 Å². The summed E-state index contributed by atoms with van der Waals surface area (Å²) >= 11 is 0. The first-order valence-corrected chi connectivity index (χ1v) is 5.47. The lowest BCUT2D eigenvalue weighted by atomic mass is 10.2. The molecule has 88 valence electrons. The highest BCUT2D eigenvalue weighted by Gasteiger charge is 1.78. The van der Waals surface area contributed by atoms with E-state index in [9.17, 15) is 0 Å². The largest absolute Gasteiger partial charge is 0.0776 e. The molecular formula is C14H32. The highest BCUT2D eigenvalue weighted by molar-refractivity contribution is 5.13. The Morgan fingerprint density at radius 2 is 1.21 bits per heavy atom. The molecule has 0 saturated heterocycles. The molecule has 0 aliphatic rings. The van der Waals surface area contributed by atoms with Crippen LogP contribution >= 0.6 is 0 Å². The summed E-state index contributed by atoms with van der Waals surface area (Å²) in [7, 11) is 0. The summed E-state index contributed by atoms with van der Waals surface area (Å²) in [6, 6.07) is 0. The van der Waals surface area contributed by atoms with Crippen molar-refractivity contribution in [1.29, 1.82) is 0 Å². The second-order valence-corrected chi connectivity index (χ2v) is 2.61. The van der Waals surface area contributed by atoms with Crippen molar-refractivity contribution in [2.75, 3.05) is 0 Å². The van der Waals surface area contributed by atoms with E-state index in [0.29, 0.717) is 0 Å². The van der Waals surface area contributed by atoms with Gasteiger partial charge < -0.3 is 0 Å². The van der Waals surface area contributed by atoms with Crippen LogP contribution in [0, 0.1) is 0 Å². The summed E-state index contributed by atoms with van der Waals surface area (Å²) in [5.41, 5.74) is 2.80. The molecule has 0 heterocycles. The van der Waals surface area contributed by atoms with Gasteiger partial charge in [-0.2, -0.15) is 0 Å². The van der Waals surface area contributed by atoms with E-state index < -0.39 is 0 Å². The lowest BCUT2D eigenvalue weighted by Gasteiger charge is -1.89. The Balaban J connectivity index is -0.0000000883. The molecule has 0 fully saturated rings. The molecule has 0 unspecified atom stereocenters. The highest BCUT2D eigenvalue weighted by atomic mass is 13.9. The van der Waals surface area contributed by atoms with Gasteiger partial charge in [0.1, 0.15) is 0 Å². The predicted octanol–water partition coefficient (Wildman–Crippen LogP) is 6.00. The predicted molar refractivity (Wildman–Crippen MR) is 72.9 cm³/mol. The third-order valence-corrected chi connectivity index (χ3v) is 1.26. The van der Waals surface area contributed by atoms with Gasteiger partial charge >= 0.3 is 0 Å². The van der Waals surface area contributed by atoms with Gasteiger partial charge in [-0.25, -0.2) is 0 Å². The Bertz CT molecular complexity index is 123. The van der Waals surface area contributed by atoms with Crippen LogP contribution in [0.1, 0.15) is 69.2 Å². The van der Waals surface area contributed by atoms with Crippen LogP contribution in [-0.4, -0.2) is 0 Å². The normalized spacial score (nSPS) is 8.14. The second-order valence-electron chi connectivity index (χ2n) is 2.61. The third-order valence-electron chi connectivity index (χ3n) is 1.26. The van der Waals surface area contributed by atoms with Crippen molar-refractivity contribution in [3.63, 3.8) is 0 Å². The molecule has 14 heavy (non-hydrogen) atoms. The van der Waals surface area contributed by atoms with E-state index in [4.69, 9.17) is 0 Å². The Hall–Kier alpha value is -0.520. The van der Waals surface area contributed by atoms with Gasteiger partial charge in [0.25, 0.3) is 0 Å². The summed E-state index contributed by atoms with van der Waals surface area (Å²) in [5, 5.41) is 0. The van der Waals surface area contributed by atoms with Gasteiger partial charge in [0.15, 0.2) is 0 Å². The Labute approximate surface area is 93.1 Å². The molecule has 0 bridgehead atoms. The number of allylic oxidation sites excluding steroid dienone is 4. The maximum atomic E-state index is 2.18. The summed E-state index contributed by atoms with van der Waals surface area (Å²) < 4.78 is 0. The van der Waals surface area contributed by atoms with Gasteiger partial charge in [-0.15, -0.1) is 0 Å². The lowest BCUT2D eigenvalue weighted by Crippen LogP contribution is -1.68. The monoisotopic (exact) mass is 200 g/mol. The fourth-order valence-corrected chi connectivity index (χ4v) is 0.427. The van der Waals surface area contributed by atoms with Gasteiger partial charge in [-0.1, -0.05) is 65.3 Å². The Morgan fingerprint density at radius 3 is 1.43 bits per heavy atom. The van der Waals surface area contributed by atoms with Crippen molar-refractivity contribution >= 4 is 0 Å². The van der Waals surface area contributed by atoms with Crippen molar-refractivity contribution < 1.29 is 0 Å². The number of hydrogen-bond donors (Lipinski definition) is 0. The van der Waals surface area contributed by atoms with Crippen LogP contribution in [0.3, 0.4) is 0 Å². The van der Waals surface area contributed by atoms with Crippen molar-refractivity contribution in [2.45, 2.75) is 69.2 Å². The summed E-state index contributed by atoms with van der Waals surface area (Å²) in [6.07, 6.45) is 5.48. The average molecular weight is 200 g/mol. The van der Waals surface area contributed by atoms with E-state index in [2.05, 4.69) is 39.8 Å². The van der Waals surface area contributed by atoms with Crippen molar-refractivity contribution in [2.24, 2.45) is 0 Å². The van der Waals surface area contributed by atoms with E-state index in [1.807, 2.05) is 27.7 Å². The van der Waals surface area contributed by atoms with Crippen LogP contribution < -0.4 is 0 Å². The average Bonchev–Trinajstić information content (AvgIpc) is 2.20. The molecule has 0 aromatic heterocycles. The lowest BCUT2D eigenvalue weighted by molar-refractivity contribution is 1.10. The fourth-order valence-electron chi connectivity index (χ4n) is 0.427. The van der Waals surface area contributed by atoms with Crippen LogP contribution in [0.4, 0.5) is 0 Å². The van der Waals surface area contributed by atoms with Crippen LogP contribution in [0.15, 0.2) is 23.3 Å². The first kappa shape index (κ1) is 23.4. The quantitative estimate of drug-likeness (QED) is 0.480. The van der Waals surface area contributed by atoms with Gasteiger partial charge in [0.05, 0.1) is 0 Å². The van der Waals surface area contributed by atoms with Gasteiger partial charge in [0, 0.05) is 0 Å². The molecule has 0 nitrogen and oxygen atoms in total. The topological polar surface area (TPSA) is 0 Å². The smallest absolute Gasteiger partial charge is 0.0349 e. The van der Waals surface area contributed by atoms with Crippen molar-refractivity contribution in [3.8, 4) is 0 Å². The minimum absolute atomic E-state index is 0. The van der Waals surface area contributed by atoms with E-state index in [-0.39, 0.29) is 7.43 Å². The summed E-state index contributed by atoms with van der Waals surface area (Å²) in [6.45, 7) is 16.5. The third kappa shape index (κ3) is 30.0. The molecule has 0 heteroatoms. The van der Waals surface area contributed by atoms with Crippen LogP contribution in [0.5, 0.6) is 0 Å². The molecule has 0 atom stereocenters. The first-order chi connectivity index (χ1) is 6.16. The highest BCUT2D eigenvalue weighted by Crippen LogP contribution is 1.99. The zero-order valence-electron chi connectivity index (χ0n) is 10.9. The van der Waals surface area contributed by atoms with Crippen molar-refractivity contribution in [3.05, 3.63) is 23.3 Å². The molecule has 0 N–H and O–H groups in total. The summed E-state index contributed by atoms with van der Waals surface area (Å²) in [4.78, 5) is 0. The number of rotatable bonds is 2. The van der Waals surface area contributed by atoms with Gasteiger partial charge in [0.2, 0.25) is 0 Å². The van der Waals surface area contributed by atoms with E-state index >= 15 is 0 Å². The zero-order chi connectivity index (χ0) is 11.3. The molecule has 0 spiro atoms. The standard InChI is InChI=1S/C9H16.2C2H6.CH4/c1-5-9(4)7-6-8(2)3;2*1-2;/h6-7H,5H2,1-4H3;2*1-2H3;1H4/b9-7-;;;. The van der Waals surface area contributed by atoms with E-state index in [0.717, 1.165) is 6.42 Å². The minimum atomic E-state index is 0. The minimum Gasteiger partial charge on any atom is -0.0776 e. The molecule has 0 amide bonds. The summed E-state index contributed by atoms with van der Waals surface area (Å²) in [5.74, 6) is 0. The maximum absolute atomic E-state index is 2.18. The maximum Gasteiger partial charge on any atom is -0.0349 e. The molecule has 0 aromatic carbocycles. The van der Waals surface area contributed by atoms with E-state index in [1.54, 1.807) is 0 Å². The van der Waals surface area contributed by atoms with Crippen LogP contribution in [0.25, 0.3) is 0 Å². The molecule has 0 aliphatic carbocycles. The number of hydrogen-bond acceptors (Lipinski definition) is 0.